The molecule has 2 rings (SSSR count). The minimum Gasteiger partial charge on any atom is -0.463 e. The lowest BCUT2D eigenvalue weighted by atomic mass is 9.87. The average molecular weight is 396 g/mol. The molecule has 0 aliphatic rings. The van der Waals surface area contributed by atoms with E-state index in [-0.39, 0.29) is 12.5 Å². The molecule has 1 unspecified atom stereocenters. The van der Waals surface area contributed by atoms with Crippen molar-refractivity contribution in [2.24, 2.45) is 0 Å². The van der Waals surface area contributed by atoms with E-state index in [0.29, 0.717) is 17.8 Å². The number of aromatic nitrogens is 1. The molecule has 1 aromatic heterocycles. The first-order valence-corrected chi connectivity index (χ1v) is 9.55. The minimum absolute atomic E-state index is 0.285. The maximum Gasteiger partial charge on any atom is 0.413 e. The van der Waals surface area contributed by atoms with E-state index in [1.165, 1.54) is 0 Å². The molecule has 154 valence electrons. The number of pyridine rings is 1. The Morgan fingerprint density at radius 1 is 1.14 bits per heavy atom. The molecule has 1 atom stereocenters. The number of ether oxygens (including phenoxy) is 2. The van der Waals surface area contributed by atoms with Gasteiger partial charge in [-0.2, -0.15) is 0 Å². The van der Waals surface area contributed by atoms with Gasteiger partial charge in [-0.25, -0.2) is 14.6 Å². The third-order valence-corrected chi connectivity index (χ3v) is 4.06. The topological polar surface area (TPSA) is 77.5 Å². The normalized spacial score (nSPS) is 12.0. The van der Waals surface area contributed by atoms with Gasteiger partial charge in [-0.05, 0) is 51.3 Å². The van der Waals surface area contributed by atoms with Crippen molar-refractivity contribution in [1.29, 1.82) is 0 Å². The monoisotopic (exact) mass is 396 g/mol. The van der Waals surface area contributed by atoms with Crippen LogP contribution in [0.25, 0.3) is 0 Å². The molecule has 0 aliphatic carbocycles. The fourth-order valence-corrected chi connectivity index (χ4v) is 2.75. The highest BCUT2D eigenvalue weighted by atomic mass is 16.6. The largest absolute Gasteiger partial charge is 0.463 e. The van der Waals surface area contributed by atoms with E-state index >= 15 is 0 Å². The fraction of sp³-hybridized carbons (Fsp3) is 0.348. The zero-order chi connectivity index (χ0) is 21.4. The van der Waals surface area contributed by atoms with E-state index in [2.05, 4.69) is 16.9 Å². The Hall–Kier alpha value is -3.15. The summed E-state index contributed by atoms with van der Waals surface area (Å²) < 4.78 is 10.4. The summed E-state index contributed by atoms with van der Waals surface area (Å²) in [6, 6.07) is 13.3. The number of hydrogen-bond donors (Lipinski definition) is 1. The molecular weight excluding hydrogens is 368 g/mol. The number of benzene rings is 1. The number of carbonyl (C=O) groups excluding carboxylic acids is 2. The molecule has 6 heteroatoms. The van der Waals surface area contributed by atoms with E-state index in [1.807, 2.05) is 36.4 Å². The highest BCUT2D eigenvalue weighted by Gasteiger charge is 2.23. The summed E-state index contributed by atoms with van der Waals surface area (Å²) in [6.07, 6.45) is 1.64. The zero-order valence-corrected chi connectivity index (χ0v) is 17.4. The van der Waals surface area contributed by atoms with Crippen molar-refractivity contribution in [3.63, 3.8) is 0 Å². The van der Waals surface area contributed by atoms with Gasteiger partial charge < -0.3 is 9.47 Å². The highest BCUT2D eigenvalue weighted by Crippen LogP contribution is 2.28. The van der Waals surface area contributed by atoms with Gasteiger partial charge in [0, 0.05) is 17.7 Å². The van der Waals surface area contributed by atoms with Gasteiger partial charge in [-0.15, -0.1) is 0 Å². The first-order chi connectivity index (χ1) is 13.7. The van der Waals surface area contributed by atoms with Gasteiger partial charge in [0.15, 0.2) is 0 Å². The fourth-order valence-electron chi connectivity index (χ4n) is 2.75. The van der Waals surface area contributed by atoms with Crippen molar-refractivity contribution < 1.29 is 19.1 Å². The lowest BCUT2D eigenvalue weighted by Crippen LogP contribution is -2.27. The Labute approximate surface area is 171 Å². The van der Waals surface area contributed by atoms with Crippen LogP contribution in [0.5, 0.6) is 0 Å². The van der Waals surface area contributed by atoms with Crippen LogP contribution in [0.15, 0.2) is 60.8 Å². The van der Waals surface area contributed by atoms with Crippen LogP contribution in [-0.4, -0.2) is 29.3 Å². The van der Waals surface area contributed by atoms with E-state index in [0.717, 1.165) is 11.1 Å². The molecule has 1 aromatic carbocycles. The van der Waals surface area contributed by atoms with Gasteiger partial charge in [0.2, 0.25) is 0 Å². The number of nitrogens with zero attached hydrogens (tertiary/aromatic N) is 1. The summed E-state index contributed by atoms with van der Waals surface area (Å²) in [7, 11) is 0. The lowest BCUT2D eigenvalue weighted by Gasteiger charge is -2.20. The molecule has 0 fully saturated rings. The van der Waals surface area contributed by atoms with Crippen molar-refractivity contribution in [2.75, 3.05) is 11.9 Å². The number of anilines is 1. The Balaban J connectivity index is 2.20. The average Bonchev–Trinajstić information content (AvgIpc) is 2.66. The van der Waals surface area contributed by atoms with Crippen LogP contribution < -0.4 is 5.32 Å². The second kappa shape index (κ2) is 9.87. The van der Waals surface area contributed by atoms with E-state index < -0.39 is 17.7 Å². The molecule has 1 heterocycles. The second-order valence-corrected chi connectivity index (χ2v) is 7.59. The molecule has 0 radical (unpaired) electrons. The third-order valence-electron chi connectivity index (χ3n) is 4.06. The summed E-state index contributed by atoms with van der Waals surface area (Å²) in [5, 5.41) is 2.60. The number of hydrogen-bond acceptors (Lipinski definition) is 5. The minimum atomic E-state index is -0.595. The molecule has 0 aliphatic heterocycles. The third kappa shape index (κ3) is 7.07. The van der Waals surface area contributed by atoms with Crippen LogP contribution >= 0.6 is 0 Å². The molecule has 2 aromatic rings. The molecule has 1 amide bonds. The maximum absolute atomic E-state index is 12.3. The van der Waals surface area contributed by atoms with Crippen LogP contribution in [0, 0.1) is 0 Å². The summed E-state index contributed by atoms with van der Waals surface area (Å²) in [4.78, 5) is 28.5. The van der Waals surface area contributed by atoms with Gasteiger partial charge in [0.25, 0.3) is 0 Å². The predicted molar refractivity (Wildman–Crippen MR) is 113 cm³/mol. The quantitative estimate of drug-likeness (QED) is 0.533. The lowest BCUT2D eigenvalue weighted by molar-refractivity contribution is -0.138. The smallest absolute Gasteiger partial charge is 0.413 e. The van der Waals surface area contributed by atoms with Gasteiger partial charge in [-0.1, -0.05) is 43.0 Å². The van der Waals surface area contributed by atoms with E-state index in [4.69, 9.17) is 9.47 Å². The van der Waals surface area contributed by atoms with Crippen molar-refractivity contribution in [3.8, 4) is 0 Å². The van der Waals surface area contributed by atoms with Gasteiger partial charge in [0.1, 0.15) is 11.4 Å². The molecular formula is C23H28N2O4. The molecule has 6 nitrogen and oxygen atoms in total. The van der Waals surface area contributed by atoms with E-state index in [1.54, 1.807) is 40.0 Å². The molecule has 0 saturated heterocycles. The summed E-state index contributed by atoms with van der Waals surface area (Å²) in [5.41, 5.74) is 1.65. The number of carbonyl (C=O) groups is 2. The van der Waals surface area contributed by atoms with Crippen molar-refractivity contribution >= 4 is 17.9 Å². The zero-order valence-electron chi connectivity index (χ0n) is 17.4. The first kappa shape index (κ1) is 22.1. The van der Waals surface area contributed by atoms with Crippen LogP contribution in [-0.2, 0) is 20.7 Å². The van der Waals surface area contributed by atoms with Crippen molar-refractivity contribution in [1.82, 2.24) is 4.98 Å². The number of esters is 1. The number of nitrogens with one attached hydrogen (secondary N) is 1. The molecule has 29 heavy (non-hydrogen) atoms. The number of rotatable bonds is 7. The van der Waals surface area contributed by atoms with Gasteiger partial charge in [0.05, 0.1) is 6.61 Å². The first-order valence-electron chi connectivity index (χ1n) is 9.55. The highest BCUT2D eigenvalue weighted by molar-refractivity contribution is 5.89. The van der Waals surface area contributed by atoms with Crippen LogP contribution in [0.3, 0.4) is 0 Å². The van der Waals surface area contributed by atoms with Gasteiger partial charge >= 0.3 is 12.1 Å². The summed E-state index contributed by atoms with van der Waals surface area (Å²) in [6.45, 7) is 11.4. The maximum atomic E-state index is 12.3. The molecule has 0 saturated carbocycles. The molecule has 1 N–H and O–H groups in total. The van der Waals surface area contributed by atoms with Crippen molar-refractivity contribution in [2.45, 2.75) is 45.6 Å². The van der Waals surface area contributed by atoms with Crippen molar-refractivity contribution in [3.05, 3.63) is 71.9 Å². The second-order valence-electron chi connectivity index (χ2n) is 7.59. The predicted octanol–water partition coefficient (Wildman–Crippen LogP) is 4.87. The van der Waals surface area contributed by atoms with Crippen LogP contribution in [0.1, 0.15) is 44.7 Å². The summed E-state index contributed by atoms with van der Waals surface area (Å²) in [5.74, 6) is -0.355. The summed E-state index contributed by atoms with van der Waals surface area (Å²) >= 11 is 0. The molecule has 0 bridgehead atoms. The Morgan fingerprint density at radius 3 is 2.38 bits per heavy atom. The van der Waals surface area contributed by atoms with Crippen LogP contribution in [0.2, 0.25) is 0 Å². The Morgan fingerprint density at radius 2 is 1.83 bits per heavy atom. The van der Waals surface area contributed by atoms with E-state index in [9.17, 15) is 9.59 Å². The SMILES string of the molecule is C=C(C(=O)OCC)C(Cc1ccccc1)c1ccc(NC(=O)OC(C)(C)C)nc1. The molecule has 0 spiro atoms. The van der Waals surface area contributed by atoms with Gasteiger partial charge in [-0.3, -0.25) is 5.32 Å². The Bertz CT molecular complexity index is 839. The Kier molecular flexibility index (Phi) is 7.53. The van der Waals surface area contributed by atoms with Crippen LogP contribution in [0.4, 0.5) is 10.6 Å². The standard InChI is InChI=1S/C23H28N2O4/c1-6-28-21(26)16(2)19(14-17-10-8-7-9-11-17)18-12-13-20(24-15-18)25-22(27)29-23(3,4)5/h7-13,15,19H,2,6,14H2,1,3-5H3,(H,24,25,27). The number of amides is 1.